The normalized spacial score (nSPS) is 10.8. The molecule has 0 unspecified atom stereocenters. The van der Waals surface area contributed by atoms with Crippen molar-refractivity contribution in [3.05, 3.63) is 83.4 Å². The van der Waals surface area contributed by atoms with E-state index in [1.165, 1.54) is 0 Å². The van der Waals surface area contributed by atoms with Gasteiger partial charge in [0.15, 0.2) is 0 Å². The van der Waals surface area contributed by atoms with Gasteiger partial charge in [-0.05, 0) is 55.8 Å². The van der Waals surface area contributed by atoms with Crippen molar-refractivity contribution in [1.29, 1.82) is 0 Å². The molecule has 0 spiro atoms. The van der Waals surface area contributed by atoms with Crippen molar-refractivity contribution >= 4 is 22.6 Å². The topological polar surface area (TPSA) is 59.8 Å². The average molecular weight is 342 g/mol. The smallest absolute Gasteiger partial charge is 0.255 e. The van der Waals surface area contributed by atoms with Crippen LogP contribution in [0.4, 0.5) is 5.69 Å². The summed E-state index contributed by atoms with van der Waals surface area (Å²) >= 11 is 0. The molecule has 3 aromatic carbocycles. The van der Waals surface area contributed by atoms with Crippen molar-refractivity contribution in [1.82, 2.24) is 15.0 Å². The van der Waals surface area contributed by atoms with Crippen LogP contribution >= 0.6 is 0 Å². The highest BCUT2D eigenvalue weighted by atomic mass is 16.1. The van der Waals surface area contributed by atoms with Gasteiger partial charge in [-0.15, -0.1) is 10.2 Å². The SMILES string of the molecule is Cc1cccc(C(=O)Nc2cc3nn(-c4ccccc4)nc3cc2C)c1. The van der Waals surface area contributed by atoms with Gasteiger partial charge in [-0.2, -0.15) is 4.80 Å². The third kappa shape index (κ3) is 3.07. The summed E-state index contributed by atoms with van der Waals surface area (Å²) in [5, 5.41) is 12.0. The van der Waals surface area contributed by atoms with E-state index in [4.69, 9.17) is 0 Å². The predicted molar refractivity (Wildman–Crippen MR) is 103 cm³/mol. The zero-order valence-corrected chi connectivity index (χ0v) is 14.6. The first-order chi connectivity index (χ1) is 12.6. The lowest BCUT2D eigenvalue weighted by Gasteiger charge is -2.08. The number of benzene rings is 3. The molecule has 0 radical (unpaired) electrons. The van der Waals surface area contributed by atoms with Crippen molar-refractivity contribution in [2.45, 2.75) is 13.8 Å². The first-order valence-corrected chi connectivity index (χ1v) is 8.41. The van der Waals surface area contributed by atoms with Crippen LogP contribution in [0.3, 0.4) is 0 Å². The Balaban J connectivity index is 1.67. The van der Waals surface area contributed by atoms with E-state index in [0.29, 0.717) is 5.56 Å². The van der Waals surface area contributed by atoms with E-state index in [0.717, 1.165) is 33.5 Å². The molecule has 128 valence electrons. The van der Waals surface area contributed by atoms with Gasteiger partial charge < -0.3 is 5.32 Å². The first kappa shape index (κ1) is 16.0. The van der Waals surface area contributed by atoms with Gasteiger partial charge in [0.25, 0.3) is 5.91 Å². The van der Waals surface area contributed by atoms with Crippen LogP contribution in [0.2, 0.25) is 0 Å². The largest absolute Gasteiger partial charge is 0.322 e. The molecule has 1 heterocycles. The zero-order valence-electron chi connectivity index (χ0n) is 14.6. The second kappa shape index (κ2) is 6.44. The molecule has 1 aromatic heterocycles. The van der Waals surface area contributed by atoms with Crippen molar-refractivity contribution in [3.8, 4) is 5.69 Å². The number of anilines is 1. The maximum absolute atomic E-state index is 12.5. The minimum atomic E-state index is -0.133. The zero-order chi connectivity index (χ0) is 18.1. The standard InChI is InChI=1S/C21H18N4O/c1-14-7-6-8-16(11-14)21(26)22-18-13-20-19(12-15(18)2)23-25(24-20)17-9-4-3-5-10-17/h3-13H,1-2H3,(H,22,26). The second-order valence-electron chi connectivity index (χ2n) is 6.30. The molecule has 0 fully saturated rings. The van der Waals surface area contributed by atoms with Crippen LogP contribution in [0.1, 0.15) is 21.5 Å². The number of hydrogen-bond acceptors (Lipinski definition) is 3. The molecule has 26 heavy (non-hydrogen) atoms. The predicted octanol–water partition coefficient (Wildman–Crippen LogP) is 4.29. The Morgan fingerprint density at radius 2 is 1.62 bits per heavy atom. The molecule has 0 aliphatic heterocycles. The van der Waals surface area contributed by atoms with Gasteiger partial charge in [0.2, 0.25) is 0 Å². The second-order valence-corrected chi connectivity index (χ2v) is 6.30. The Morgan fingerprint density at radius 3 is 2.35 bits per heavy atom. The molecule has 0 aliphatic rings. The van der Waals surface area contributed by atoms with Crippen LogP contribution in [0.25, 0.3) is 16.7 Å². The molecule has 4 rings (SSSR count). The number of carbonyl (C=O) groups is 1. The third-order valence-electron chi connectivity index (χ3n) is 4.24. The highest BCUT2D eigenvalue weighted by Gasteiger charge is 2.12. The molecule has 0 saturated carbocycles. The molecule has 0 saturated heterocycles. The summed E-state index contributed by atoms with van der Waals surface area (Å²) in [6.45, 7) is 3.92. The molecule has 0 aliphatic carbocycles. The average Bonchev–Trinajstić information content (AvgIpc) is 3.05. The Hall–Kier alpha value is -3.47. The lowest BCUT2D eigenvalue weighted by atomic mass is 10.1. The van der Waals surface area contributed by atoms with Crippen LogP contribution in [-0.4, -0.2) is 20.9 Å². The van der Waals surface area contributed by atoms with Gasteiger partial charge in [0.05, 0.1) is 5.69 Å². The molecule has 5 nitrogen and oxygen atoms in total. The Morgan fingerprint density at radius 1 is 0.885 bits per heavy atom. The quantitative estimate of drug-likeness (QED) is 0.604. The number of aryl methyl sites for hydroxylation is 2. The fourth-order valence-electron chi connectivity index (χ4n) is 2.86. The summed E-state index contributed by atoms with van der Waals surface area (Å²) in [4.78, 5) is 14.1. The Kier molecular flexibility index (Phi) is 3.97. The van der Waals surface area contributed by atoms with Crippen LogP contribution in [0.5, 0.6) is 0 Å². The van der Waals surface area contributed by atoms with E-state index in [9.17, 15) is 4.79 Å². The van der Waals surface area contributed by atoms with Crippen molar-refractivity contribution in [2.24, 2.45) is 0 Å². The van der Waals surface area contributed by atoms with Crippen LogP contribution in [0.15, 0.2) is 66.7 Å². The number of nitrogens with zero attached hydrogens (tertiary/aromatic N) is 3. The molecular weight excluding hydrogens is 324 g/mol. The summed E-state index contributed by atoms with van der Waals surface area (Å²) in [5.74, 6) is -0.133. The number of amides is 1. The van der Waals surface area contributed by atoms with Crippen LogP contribution in [0, 0.1) is 13.8 Å². The van der Waals surface area contributed by atoms with E-state index in [1.807, 2.05) is 80.6 Å². The van der Waals surface area contributed by atoms with Gasteiger partial charge in [-0.1, -0.05) is 35.9 Å². The Bertz CT molecular complexity index is 1100. The molecule has 0 bridgehead atoms. The minimum absolute atomic E-state index is 0.133. The number of aromatic nitrogens is 3. The van der Waals surface area contributed by atoms with Crippen LogP contribution in [-0.2, 0) is 0 Å². The van der Waals surface area contributed by atoms with E-state index >= 15 is 0 Å². The van der Waals surface area contributed by atoms with Crippen molar-refractivity contribution in [3.63, 3.8) is 0 Å². The van der Waals surface area contributed by atoms with Gasteiger partial charge in [0, 0.05) is 11.3 Å². The first-order valence-electron chi connectivity index (χ1n) is 8.41. The number of carbonyl (C=O) groups excluding carboxylic acids is 1. The van der Waals surface area contributed by atoms with Crippen molar-refractivity contribution in [2.75, 3.05) is 5.32 Å². The fraction of sp³-hybridized carbons (Fsp3) is 0.0952. The Labute approximate surface area is 151 Å². The highest BCUT2D eigenvalue weighted by molar-refractivity contribution is 6.05. The van der Waals surface area contributed by atoms with Crippen LogP contribution < -0.4 is 5.32 Å². The van der Waals surface area contributed by atoms with E-state index < -0.39 is 0 Å². The van der Waals surface area contributed by atoms with E-state index in [-0.39, 0.29) is 5.91 Å². The number of rotatable bonds is 3. The van der Waals surface area contributed by atoms with Gasteiger partial charge >= 0.3 is 0 Å². The summed E-state index contributed by atoms with van der Waals surface area (Å²) in [7, 11) is 0. The molecular formula is C21H18N4O. The third-order valence-corrected chi connectivity index (χ3v) is 4.24. The lowest BCUT2D eigenvalue weighted by molar-refractivity contribution is 0.102. The number of fused-ring (bicyclic) bond motifs is 1. The van der Waals surface area contributed by atoms with E-state index in [2.05, 4.69) is 15.5 Å². The van der Waals surface area contributed by atoms with E-state index in [1.54, 1.807) is 4.80 Å². The number of hydrogen-bond donors (Lipinski definition) is 1. The summed E-state index contributed by atoms with van der Waals surface area (Å²) < 4.78 is 0. The highest BCUT2D eigenvalue weighted by Crippen LogP contribution is 2.23. The van der Waals surface area contributed by atoms with Gasteiger partial charge in [0.1, 0.15) is 11.0 Å². The van der Waals surface area contributed by atoms with Gasteiger partial charge in [-0.3, -0.25) is 4.79 Å². The summed E-state index contributed by atoms with van der Waals surface area (Å²) in [5.41, 5.74) is 5.79. The number of nitrogens with one attached hydrogen (secondary N) is 1. The molecule has 1 N–H and O–H groups in total. The monoisotopic (exact) mass is 342 g/mol. The fourth-order valence-corrected chi connectivity index (χ4v) is 2.86. The molecule has 5 heteroatoms. The summed E-state index contributed by atoms with van der Waals surface area (Å²) in [6.07, 6.45) is 0. The van der Waals surface area contributed by atoms with Crippen molar-refractivity contribution < 1.29 is 4.79 Å². The minimum Gasteiger partial charge on any atom is -0.322 e. The lowest BCUT2D eigenvalue weighted by Crippen LogP contribution is -2.12. The number of para-hydroxylation sites is 1. The molecule has 1 amide bonds. The molecule has 4 aromatic rings. The molecule has 0 atom stereocenters. The maximum Gasteiger partial charge on any atom is 0.255 e. The summed E-state index contributed by atoms with van der Waals surface area (Å²) in [6, 6.07) is 21.1. The maximum atomic E-state index is 12.5. The van der Waals surface area contributed by atoms with Gasteiger partial charge in [-0.25, -0.2) is 0 Å².